The highest BCUT2D eigenvalue weighted by Gasteiger charge is 2.27. The van der Waals surface area contributed by atoms with Crippen LogP contribution < -0.4 is 21.8 Å². The van der Waals surface area contributed by atoms with E-state index >= 15 is 0 Å². The minimum atomic E-state index is -1.02. The molecule has 9 nitrogen and oxygen atoms in total. The lowest BCUT2D eigenvalue weighted by atomic mass is 9.91. The molecule has 1 saturated carbocycles. The Morgan fingerprint density at radius 1 is 1.18 bits per heavy atom. The van der Waals surface area contributed by atoms with E-state index in [1.807, 2.05) is 0 Å². The van der Waals surface area contributed by atoms with Crippen molar-refractivity contribution in [2.45, 2.75) is 37.8 Å². The van der Waals surface area contributed by atoms with Gasteiger partial charge in [-0.05, 0) is 31.7 Å². The average Bonchev–Trinajstić information content (AvgIpc) is 3.23. The first kappa shape index (κ1) is 23.2. The van der Waals surface area contributed by atoms with E-state index in [-0.39, 0.29) is 46.6 Å². The molecule has 2 atom stereocenters. The largest absolute Gasteiger partial charge is 0.383 e. The standard InChI is InChI=1S/C22H23F3N8O/c1-33-9-17(29-10-33)22(34)31-13-4-2-3-12(6-13)30-21-16(25)7-15(24)19(32-21)18(26)14-5-11(23)8-28-20(14)27/h5,7-10,12-13,26H,2-4,6H2,1H3,(H2,27,28)(H,30,32)(H,31,34)/p+1. The van der Waals surface area contributed by atoms with E-state index < -0.39 is 17.5 Å². The van der Waals surface area contributed by atoms with Crippen LogP contribution in [-0.2, 0) is 7.05 Å². The van der Waals surface area contributed by atoms with Crippen molar-refractivity contribution in [3.05, 3.63) is 65.3 Å². The van der Waals surface area contributed by atoms with Crippen molar-refractivity contribution in [3.63, 3.8) is 0 Å². The quantitative estimate of drug-likeness (QED) is 0.394. The molecule has 0 saturated heterocycles. The van der Waals surface area contributed by atoms with Gasteiger partial charge in [0.2, 0.25) is 5.71 Å². The minimum Gasteiger partial charge on any atom is -0.383 e. The Hall–Kier alpha value is -3.96. The molecule has 12 heteroatoms. The predicted octanol–water partition coefficient (Wildman–Crippen LogP) is 0.959. The van der Waals surface area contributed by atoms with Gasteiger partial charge in [-0.2, -0.15) is 0 Å². The smallest absolute Gasteiger partial charge is 0.271 e. The van der Waals surface area contributed by atoms with Crippen LogP contribution in [-0.4, -0.2) is 43.2 Å². The van der Waals surface area contributed by atoms with E-state index in [1.165, 1.54) is 6.33 Å². The summed E-state index contributed by atoms with van der Waals surface area (Å²) in [5.41, 5.74) is 5.36. The third-order valence-electron chi connectivity index (χ3n) is 5.65. The summed E-state index contributed by atoms with van der Waals surface area (Å²) in [6.07, 6.45) is 6.80. The number of rotatable bonds is 6. The van der Waals surface area contributed by atoms with Gasteiger partial charge in [0.15, 0.2) is 23.1 Å². The molecule has 4 rings (SSSR count). The predicted molar refractivity (Wildman–Crippen MR) is 118 cm³/mol. The lowest BCUT2D eigenvalue weighted by Crippen LogP contribution is -2.43. The van der Waals surface area contributed by atoms with Crippen molar-refractivity contribution >= 4 is 23.3 Å². The molecule has 3 aromatic heterocycles. The van der Waals surface area contributed by atoms with E-state index in [0.29, 0.717) is 24.6 Å². The van der Waals surface area contributed by atoms with Gasteiger partial charge in [-0.15, -0.1) is 0 Å². The fraction of sp³-hybridized carbons (Fsp3) is 0.318. The van der Waals surface area contributed by atoms with Crippen LogP contribution in [0.4, 0.5) is 24.8 Å². The topological polar surface area (TPSA) is 136 Å². The van der Waals surface area contributed by atoms with E-state index in [2.05, 4.69) is 25.6 Å². The molecule has 1 aliphatic carbocycles. The number of halogens is 3. The summed E-state index contributed by atoms with van der Waals surface area (Å²) in [5, 5.41) is 11.9. The van der Waals surface area contributed by atoms with E-state index in [9.17, 15) is 18.0 Å². The third kappa shape index (κ3) is 5.00. The summed E-state index contributed by atoms with van der Waals surface area (Å²) < 4.78 is 44.3. The number of nitrogens with zero attached hydrogens (tertiary/aromatic N) is 4. The lowest BCUT2D eigenvalue weighted by Gasteiger charge is -2.30. The molecule has 34 heavy (non-hydrogen) atoms. The number of nitrogen functional groups attached to an aromatic ring is 1. The van der Waals surface area contributed by atoms with Gasteiger partial charge < -0.3 is 20.9 Å². The number of aromatic nitrogens is 4. The number of nitrogens with one attached hydrogen (secondary N) is 2. The fourth-order valence-electron chi connectivity index (χ4n) is 3.98. The van der Waals surface area contributed by atoms with Crippen molar-refractivity contribution in [2.24, 2.45) is 7.05 Å². The number of amides is 1. The maximum absolute atomic E-state index is 14.5. The van der Waals surface area contributed by atoms with E-state index in [1.54, 1.807) is 17.8 Å². The second-order valence-electron chi connectivity index (χ2n) is 8.25. The molecular formula is C22H24F3N8O+. The molecule has 178 valence electrons. The minimum absolute atomic E-state index is 0.0427. The van der Waals surface area contributed by atoms with E-state index in [4.69, 9.17) is 11.1 Å². The zero-order valence-corrected chi connectivity index (χ0v) is 18.4. The third-order valence-corrected chi connectivity index (χ3v) is 5.65. The Morgan fingerprint density at radius 3 is 2.68 bits per heavy atom. The maximum Gasteiger partial charge on any atom is 0.271 e. The van der Waals surface area contributed by atoms with Crippen molar-refractivity contribution < 1.29 is 23.4 Å². The van der Waals surface area contributed by atoms with Crippen molar-refractivity contribution in [1.29, 1.82) is 0 Å². The van der Waals surface area contributed by atoms with Crippen molar-refractivity contribution in [1.82, 2.24) is 24.8 Å². The van der Waals surface area contributed by atoms with Gasteiger partial charge in [-0.25, -0.2) is 28.1 Å². The maximum atomic E-state index is 14.5. The molecule has 0 aromatic carbocycles. The fourth-order valence-corrected chi connectivity index (χ4v) is 3.98. The molecule has 1 aliphatic rings. The molecule has 0 aliphatic heterocycles. The first-order valence-electron chi connectivity index (χ1n) is 10.7. The number of carbonyl (C=O) groups excluding carboxylic acids is 1. The number of nitrogens with two attached hydrogens (primary N) is 2. The van der Waals surface area contributed by atoms with E-state index in [0.717, 1.165) is 25.1 Å². The summed E-state index contributed by atoms with van der Waals surface area (Å²) in [6, 6.07) is 1.28. The lowest BCUT2D eigenvalue weighted by molar-refractivity contribution is -0.112. The molecule has 3 heterocycles. The number of imidazole rings is 1. The van der Waals surface area contributed by atoms with Crippen LogP contribution >= 0.6 is 0 Å². The first-order valence-corrected chi connectivity index (χ1v) is 10.7. The Labute approximate surface area is 193 Å². The number of carbonyl (C=O) groups is 1. The normalized spacial score (nSPS) is 17.9. The highest BCUT2D eigenvalue weighted by atomic mass is 19.1. The second kappa shape index (κ2) is 9.49. The Balaban J connectivity index is 1.49. The number of pyridine rings is 2. The molecule has 6 N–H and O–H groups in total. The Morgan fingerprint density at radius 2 is 1.94 bits per heavy atom. The number of hydrogen-bond donors (Lipinski definition) is 4. The molecule has 0 spiro atoms. The molecule has 0 radical (unpaired) electrons. The monoisotopic (exact) mass is 473 g/mol. The molecule has 3 aromatic rings. The first-order chi connectivity index (χ1) is 16.2. The van der Waals surface area contributed by atoms with Gasteiger partial charge in [0, 0.05) is 31.4 Å². The van der Waals surface area contributed by atoms with Crippen LogP contribution in [0.5, 0.6) is 0 Å². The van der Waals surface area contributed by atoms with Gasteiger partial charge in [-0.1, -0.05) is 0 Å². The zero-order chi connectivity index (χ0) is 24.4. The average molecular weight is 473 g/mol. The van der Waals surface area contributed by atoms with Gasteiger partial charge in [0.25, 0.3) is 5.91 Å². The van der Waals surface area contributed by atoms with Gasteiger partial charge >= 0.3 is 0 Å². The van der Waals surface area contributed by atoms with Crippen LogP contribution in [0.15, 0.2) is 30.9 Å². The van der Waals surface area contributed by atoms with Gasteiger partial charge in [0.1, 0.15) is 17.3 Å². The summed E-state index contributed by atoms with van der Waals surface area (Å²) in [7, 11) is 1.77. The van der Waals surface area contributed by atoms with Gasteiger partial charge in [-0.3, -0.25) is 10.2 Å². The highest BCUT2D eigenvalue weighted by Crippen LogP contribution is 2.25. The zero-order valence-electron chi connectivity index (χ0n) is 18.4. The van der Waals surface area contributed by atoms with Crippen LogP contribution in [0, 0.1) is 17.5 Å². The van der Waals surface area contributed by atoms with Crippen molar-refractivity contribution in [2.75, 3.05) is 11.1 Å². The number of aryl methyl sites for hydroxylation is 1. The molecule has 1 amide bonds. The molecule has 1 fully saturated rings. The Kier molecular flexibility index (Phi) is 6.48. The summed E-state index contributed by atoms with van der Waals surface area (Å²) >= 11 is 0. The molecular weight excluding hydrogens is 449 g/mol. The van der Waals surface area contributed by atoms with Crippen LogP contribution in [0.2, 0.25) is 0 Å². The summed E-state index contributed by atoms with van der Waals surface area (Å²) in [5.74, 6) is -3.24. The SMILES string of the molecule is Cn1cnc(C(=O)NC2CCCC(Nc3nc(C(=[NH2+])c4cc(F)cnc4N)c(F)cc3F)C2)c1. The summed E-state index contributed by atoms with van der Waals surface area (Å²) in [4.78, 5) is 24.1. The highest BCUT2D eigenvalue weighted by molar-refractivity contribution is 6.10. The van der Waals surface area contributed by atoms with Crippen LogP contribution in [0.1, 0.15) is 47.4 Å². The second-order valence-corrected chi connectivity index (χ2v) is 8.25. The van der Waals surface area contributed by atoms with Gasteiger partial charge in [0.05, 0.1) is 18.1 Å². The van der Waals surface area contributed by atoms with Crippen LogP contribution in [0.25, 0.3) is 0 Å². The molecule has 2 unspecified atom stereocenters. The van der Waals surface area contributed by atoms with Crippen molar-refractivity contribution in [3.8, 4) is 0 Å². The van der Waals surface area contributed by atoms with Crippen LogP contribution in [0.3, 0.4) is 0 Å². The Bertz CT molecular complexity index is 1240. The molecule has 0 bridgehead atoms. The summed E-state index contributed by atoms with van der Waals surface area (Å²) in [6.45, 7) is 0. The number of hydrogen-bond acceptors (Lipinski definition) is 6. The number of anilines is 2.